The Hall–Kier alpha value is -1.53. The number of thiocarbonyl (C=S) groups is 1. The van der Waals surface area contributed by atoms with Crippen molar-refractivity contribution in [2.75, 3.05) is 5.32 Å². The molecular formula is C14H9Cl3N2O2S. The molecule has 0 spiro atoms. The fourth-order valence-electron chi connectivity index (χ4n) is 1.58. The van der Waals surface area contributed by atoms with Crippen LogP contribution in [0.5, 0.6) is 5.75 Å². The highest BCUT2D eigenvalue weighted by Gasteiger charge is 2.10. The summed E-state index contributed by atoms with van der Waals surface area (Å²) in [6, 6.07) is 9.23. The molecule has 8 heteroatoms. The first-order valence-corrected chi connectivity index (χ1v) is 7.47. The highest BCUT2D eigenvalue weighted by atomic mass is 35.5. The molecule has 0 heterocycles. The first-order chi connectivity index (χ1) is 10.4. The number of amides is 1. The van der Waals surface area contributed by atoms with E-state index in [-0.39, 0.29) is 26.8 Å². The molecule has 0 atom stereocenters. The van der Waals surface area contributed by atoms with Gasteiger partial charge in [0.15, 0.2) is 10.9 Å². The quantitative estimate of drug-likeness (QED) is 0.535. The molecule has 0 bridgehead atoms. The summed E-state index contributed by atoms with van der Waals surface area (Å²) < 4.78 is 0. The summed E-state index contributed by atoms with van der Waals surface area (Å²) in [6.45, 7) is 0. The Morgan fingerprint density at radius 2 is 1.59 bits per heavy atom. The molecule has 3 N–H and O–H groups in total. The highest BCUT2D eigenvalue weighted by molar-refractivity contribution is 7.80. The number of carbonyl (C=O) groups excluding carboxylic acids is 1. The molecule has 2 rings (SSSR count). The summed E-state index contributed by atoms with van der Waals surface area (Å²) in [5.41, 5.74) is 0.851. The number of hydrogen-bond acceptors (Lipinski definition) is 3. The smallest absolute Gasteiger partial charge is 0.257 e. The van der Waals surface area contributed by atoms with E-state index in [1.165, 1.54) is 12.1 Å². The lowest BCUT2D eigenvalue weighted by atomic mass is 10.2. The van der Waals surface area contributed by atoms with Crippen molar-refractivity contribution in [2.24, 2.45) is 0 Å². The Labute approximate surface area is 147 Å². The zero-order chi connectivity index (χ0) is 16.3. The second-order valence-corrected chi connectivity index (χ2v) is 5.86. The Morgan fingerprint density at radius 1 is 1.05 bits per heavy atom. The monoisotopic (exact) mass is 374 g/mol. The minimum atomic E-state index is -0.384. The Morgan fingerprint density at radius 3 is 2.14 bits per heavy atom. The van der Waals surface area contributed by atoms with E-state index in [9.17, 15) is 9.90 Å². The molecule has 2 aromatic rings. The van der Waals surface area contributed by atoms with Gasteiger partial charge in [-0.2, -0.15) is 0 Å². The minimum Gasteiger partial charge on any atom is -0.505 e. The predicted octanol–water partition coefficient (Wildman–Crippen LogP) is 4.48. The first kappa shape index (κ1) is 16.8. The van der Waals surface area contributed by atoms with Crippen molar-refractivity contribution in [3.8, 4) is 5.75 Å². The maximum atomic E-state index is 12.0. The lowest BCUT2D eigenvalue weighted by molar-refractivity contribution is 0.0978. The summed E-state index contributed by atoms with van der Waals surface area (Å²) in [6.07, 6.45) is 0. The number of halogens is 3. The van der Waals surface area contributed by atoms with Crippen molar-refractivity contribution in [1.29, 1.82) is 0 Å². The molecule has 0 aromatic heterocycles. The lowest BCUT2D eigenvalue weighted by Gasteiger charge is -2.11. The number of anilines is 1. The minimum absolute atomic E-state index is 0.0674. The van der Waals surface area contributed by atoms with Crippen LogP contribution in [0.25, 0.3) is 0 Å². The molecule has 4 nitrogen and oxygen atoms in total. The molecule has 0 fully saturated rings. The first-order valence-electron chi connectivity index (χ1n) is 5.92. The molecular weight excluding hydrogens is 367 g/mol. The van der Waals surface area contributed by atoms with Gasteiger partial charge < -0.3 is 10.4 Å². The Kier molecular flexibility index (Phi) is 5.47. The Balaban J connectivity index is 2.04. The van der Waals surface area contributed by atoms with E-state index >= 15 is 0 Å². The van der Waals surface area contributed by atoms with Crippen molar-refractivity contribution < 1.29 is 9.90 Å². The molecule has 22 heavy (non-hydrogen) atoms. The van der Waals surface area contributed by atoms with Gasteiger partial charge in [-0.15, -0.1) is 0 Å². The average Bonchev–Trinajstić information content (AvgIpc) is 2.45. The zero-order valence-electron chi connectivity index (χ0n) is 10.9. The number of phenols is 1. The van der Waals surface area contributed by atoms with Crippen LogP contribution in [0, 0.1) is 0 Å². The van der Waals surface area contributed by atoms with Crippen molar-refractivity contribution in [3.05, 3.63) is 57.0 Å². The highest BCUT2D eigenvalue weighted by Crippen LogP contribution is 2.34. The van der Waals surface area contributed by atoms with E-state index in [0.717, 1.165) is 0 Å². The second kappa shape index (κ2) is 7.15. The molecule has 0 aliphatic rings. The van der Waals surface area contributed by atoms with Crippen LogP contribution in [0.15, 0.2) is 36.4 Å². The lowest BCUT2D eigenvalue weighted by Crippen LogP contribution is -2.34. The Bertz CT molecular complexity index is 712. The molecule has 0 radical (unpaired) electrons. The number of carbonyl (C=O) groups is 1. The van der Waals surface area contributed by atoms with Crippen LogP contribution in [-0.2, 0) is 0 Å². The predicted molar refractivity (Wildman–Crippen MR) is 93.3 cm³/mol. The SMILES string of the molecule is O=C(NC(=S)Nc1cc(Cl)c(O)c(Cl)c1)c1ccc(Cl)cc1. The van der Waals surface area contributed by atoms with Gasteiger partial charge in [0.25, 0.3) is 5.91 Å². The summed E-state index contributed by atoms with van der Waals surface area (Å²) >= 11 is 22.4. The number of hydrogen-bond donors (Lipinski definition) is 3. The van der Waals surface area contributed by atoms with E-state index in [1.807, 2.05) is 0 Å². The maximum Gasteiger partial charge on any atom is 0.257 e. The van der Waals surface area contributed by atoms with Crippen LogP contribution >= 0.6 is 47.0 Å². The average molecular weight is 376 g/mol. The molecule has 0 saturated carbocycles. The standard InChI is InChI=1S/C14H9Cl3N2O2S/c15-8-3-1-7(2-4-8)13(21)19-14(22)18-9-5-10(16)12(20)11(17)6-9/h1-6,20H,(H2,18,19,21,22). The van der Waals surface area contributed by atoms with E-state index in [2.05, 4.69) is 10.6 Å². The topological polar surface area (TPSA) is 61.4 Å². The molecule has 0 aliphatic carbocycles. The fraction of sp³-hybridized carbons (Fsp3) is 0. The normalized spacial score (nSPS) is 10.1. The van der Waals surface area contributed by atoms with Gasteiger partial charge in [0.05, 0.1) is 10.0 Å². The third-order valence-corrected chi connectivity index (χ3v) is 3.64. The third kappa shape index (κ3) is 4.24. The van der Waals surface area contributed by atoms with E-state index in [1.54, 1.807) is 24.3 Å². The van der Waals surface area contributed by atoms with Crippen molar-refractivity contribution >= 4 is 63.7 Å². The van der Waals surface area contributed by atoms with Gasteiger partial charge in [-0.05, 0) is 48.6 Å². The van der Waals surface area contributed by atoms with E-state index < -0.39 is 0 Å². The molecule has 114 valence electrons. The maximum absolute atomic E-state index is 12.0. The van der Waals surface area contributed by atoms with Crippen LogP contribution in [0.1, 0.15) is 10.4 Å². The van der Waals surface area contributed by atoms with Gasteiger partial charge in [-0.25, -0.2) is 0 Å². The van der Waals surface area contributed by atoms with E-state index in [0.29, 0.717) is 16.3 Å². The zero-order valence-corrected chi connectivity index (χ0v) is 13.9. The number of rotatable bonds is 2. The molecule has 2 aromatic carbocycles. The fourth-order valence-corrected chi connectivity index (χ4v) is 2.40. The summed E-state index contributed by atoms with van der Waals surface area (Å²) in [5, 5.41) is 15.5. The third-order valence-electron chi connectivity index (χ3n) is 2.61. The van der Waals surface area contributed by atoms with Gasteiger partial charge in [-0.3, -0.25) is 10.1 Å². The van der Waals surface area contributed by atoms with Gasteiger partial charge in [0.2, 0.25) is 0 Å². The van der Waals surface area contributed by atoms with Gasteiger partial charge in [0.1, 0.15) is 0 Å². The summed E-state index contributed by atoms with van der Waals surface area (Å²) in [7, 11) is 0. The number of aromatic hydroxyl groups is 1. The summed E-state index contributed by atoms with van der Waals surface area (Å²) in [4.78, 5) is 12.0. The van der Waals surface area contributed by atoms with Crippen molar-refractivity contribution in [2.45, 2.75) is 0 Å². The molecule has 0 saturated heterocycles. The van der Waals surface area contributed by atoms with Crippen LogP contribution in [0.2, 0.25) is 15.1 Å². The summed E-state index contributed by atoms with van der Waals surface area (Å²) in [5.74, 6) is -0.602. The molecule has 0 unspecified atom stereocenters. The van der Waals surface area contributed by atoms with Crippen LogP contribution in [-0.4, -0.2) is 16.1 Å². The van der Waals surface area contributed by atoms with Gasteiger partial charge in [0, 0.05) is 16.3 Å². The molecule has 0 aliphatic heterocycles. The number of phenolic OH excluding ortho intramolecular Hbond substituents is 1. The van der Waals surface area contributed by atoms with Crippen LogP contribution in [0.4, 0.5) is 5.69 Å². The molecule has 1 amide bonds. The largest absolute Gasteiger partial charge is 0.505 e. The number of nitrogens with one attached hydrogen (secondary N) is 2. The van der Waals surface area contributed by atoms with Crippen LogP contribution < -0.4 is 10.6 Å². The van der Waals surface area contributed by atoms with E-state index in [4.69, 9.17) is 47.0 Å². The number of benzene rings is 2. The second-order valence-electron chi connectivity index (χ2n) is 4.20. The van der Waals surface area contributed by atoms with Crippen LogP contribution in [0.3, 0.4) is 0 Å². The van der Waals surface area contributed by atoms with Crippen molar-refractivity contribution in [3.63, 3.8) is 0 Å². The van der Waals surface area contributed by atoms with Crippen molar-refractivity contribution in [1.82, 2.24) is 5.32 Å². The van der Waals surface area contributed by atoms with Gasteiger partial charge in [-0.1, -0.05) is 34.8 Å². The van der Waals surface area contributed by atoms with Gasteiger partial charge >= 0.3 is 0 Å².